The normalized spacial score (nSPS) is 15.4. The average Bonchev–Trinajstić information content (AvgIpc) is 3.25. The lowest BCUT2D eigenvalue weighted by Crippen LogP contribution is -2.39. The quantitative estimate of drug-likeness (QED) is 0.391. The van der Waals surface area contributed by atoms with Gasteiger partial charge in [-0.15, -0.1) is 0 Å². The van der Waals surface area contributed by atoms with E-state index in [4.69, 9.17) is 14.5 Å². The zero-order chi connectivity index (χ0) is 29.2. The summed E-state index contributed by atoms with van der Waals surface area (Å²) in [4.78, 5) is 35.4. The molecule has 9 nitrogen and oxygen atoms in total. The molecule has 0 aromatic carbocycles. The van der Waals surface area contributed by atoms with Crippen molar-refractivity contribution in [1.82, 2.24) is 19.3 Å². The van der Waals surface area contributed by atoms with Crippen molar-refractivity contribution in [3.63, 3.8) is 0 Å². The first-order valence-corrected chi connectivity index (χ1v) is 13.2. The minimum Gasteiger partial charge on any atom is -0.489 e. The van der Waals surface area contributed by atoms with Gasteiger partial charge in [0.25, 0.3) is 5.91 Å². The Morgan fingerprint density at radius 3 is 2.42 bits per heavy atom. The first-order chi connectivity index (χ1) is 18.7. The molecule has 1 amide bonds. The number of piperidine rings is 1. The van der Waals surface area contributed by atoms with Crippen LogP contribution in [0.1, 0.15) is 75.3 Å². The Morgan fingerprint density at radius 1 is 1.10 bits per heavy atom. The van der Waals surface area contributed by atoms with Gasteiger partial charge in [0.05, 0.1) is 18.3 Å². The topological polar surface area (TPSA) is 98.1 Å². The third kappa shape index (κ3) is 7.50. The number of amides is 1. The van der Waals surface area contributed by atoms with E-state index in [2.05, 4.69) is 15.2 Å². The van der Waals surface area contributed by atoms with Gasteiger partial charge in [0.1, 0.15) is 34.1 Å². The van der Waals surface area contributed by atoms with Crippen LogP contribution >= 0.6 is 0 Å². The lowest BCUT2D eigenvalue weighted by atomic mass is 9.94. The first kappa shape index (κ1) is 29.3. The number of nitrogens with one attached hydrogen (secondary N) is 1. The zero-order valence-electron chi connectivity index (χ0n) is 23.2. The van der Waals surface area contributed by atoms with Crippen LogP contribution < -0.4 is 10.1 Å². The van der Waals surface area contributed by atoms with Crippen LogP contribution in [0.25, 0.3) is 5.65 Å². The number of fused-ring (bicyclic) bond motifs is 1. The maximum atomic E-state index is 13.1. The highest BCUT2D eigenvalue weighted by molar-refractivity contribution is 6.03. The predicted molar refractivity (Wildman–Crippen MR) is 142 cm³/mol. The molecular weight excluding hydrogens is 527 g/mol. The molecule has 1 aliphatic rings. The van der Waals surface area contributed by atoms with Gasteiger partial charge in [-0.05, 0) is 72.7 Å². The van der Waals surface area contributed by atoms with E-state index < -0.39 is 23.4 Å². The third-order valence-electron chi connectivity index (χ3n) is 6.24. The van der Waals surface area contributed by atoms with Crippen LogP contribution in [0.2, 0.25) is 0 Å². The number of hydrogen-bond acceptors (Lipinski definition) is 7. The van der Waals surface area contributed by atoms with E-state index in [0.717, 1.165) is 43.8 Å². The number of hydrogen-bond donors (Lipinski definition) is 1. The molecule has 4 heterocycles. The van der Waals surface area contributed by atoms with Gasteiger partial charge in [-0.3, -0.25) is 14.5 Å². The zero-order valence-corrected chi connectivity index (χ0v) is 23.2. The first-order valence-electron chi connectivity index (χ1n) is 13.2. The number of ether oxygens (including phenoxy) is 2. The second-order valence-electron chi connectivity index (χ2n) is 11.1. The van der Waals surface area contributed by atoms with Crippen molar-refractivity contribution in [3.05, 3.63) is 53.7 Å². The fourth-order valence-electron chi connectivity index (χ4n) is 4.53. The van der Waals surface area contributed by atoms with Crippen LogP contribution in [0.15, 0.2) is 36.7 Å². The van der Waals surface area contributed by atoms with Crippen molar-refractivity contribution in [1.29, 1.82) is 0 Å². The predicted octanol–water partition coefficient (Wildman–Crippen LogP) is 5.31. The minimum absolute atomic E-state index is 0.177. The molecule has 0 aliphatic carbocycles. The Labute approximate surface area is 230 Å². The van der Waals surface area contributed by atoms with Crippen molar-refractivity contribution in [2.75, 3.05) is 25.0 Å². The van der Waals surface area contributed by atoms with Crippen LogP contribution in [-0.2, 0) is 15.7 Å². The number of esters is 1. The van der Waals surface area contributed by atoms with Gasteiger partial charge in [0.2, 0.25) is 0 Å². The summed E-state index contributed by atoms with van der Waals surface area (Å²) in [6.07, 6.45) is 0.237. The fraction of sp³-hybridized carbons (Fsp3) is 0.500. The monoisotopic (exact) mass is 561 g/mol. The number of carbonyl (C=O) groups is 2. The molecule has 40 heavy (non-hydrogen) atoms. The molecule has 0 bridgehead atoms. The molecule has 216 valence electrons. The van der Waals surface area contributed by atoms with Crippen LogP contribution in [-0.4, -0.2) is 62.5 Å². The number of pyridine rings is 2. The van der Waals surface area contributed by atoms with E-state index in [1.165, 1.54) is 6.07 Å². The van der Waals surface area contributed by atoms with Gasteiger partial charge >= 0.3 is 12.1 Å². The highest BCUT2D eigenvalue weighted by atomic mass is 19.4. The van der Waals surface area contributed by atoms with Crippen molar-refractivity contribution in [2.24, 2.45) is 0 Å². The van der Waals surface area contributed by atoms with Gasteiger partial charge in [-0.1, -0.05) is 6.07 Å². The summed E-state index contributed by atoms with van der Waals surface area (Å²) in [6.45, 7) is 10.9. The summed E-state index contributed by atoms with van der Waals surface area (Å²) in [5, 5.41) is 2.64. The molecule has 12 heteroatoms. The summed E-state index contributed by atoms with van der Waals surface area (Å²) in [6, 6.07) is 4.86. The van der Waals surface area contributed by atoms with Gasteiger partial charge in [-0.2, -0.15) is 13.2 Å². The number of rotatable bonds is 7. The highest BCUT2D eigenvalue weighted by Crippen LogP contribution is 2.32. The fourth-order valence-corrected chi connectivity index (χ4v) is 4.53. The lowest BCUT2D eigenvalue weighted by molar-refractivity contribution is -0.156. The number of carbonyl (C=O) groups excluding carboxylic acids is 2. The van der Waals surface area contributed by atoms with E-state index in [1.807, 2.05) is 40.8 Å². The molecule has 0 spiro atoms. The maximum Gasteiger partial charge on any atom is 0.433 e. The van der Waals surface area contributed by atoms with E-state index >= 15 is 0 Å². The van der Waals surface area contributed by atoms with Crippen molar-refractivity contribution in [3.8, 4) is 5.75 Å². The number of aromatic nitrogens is 3. The Balaban J connectivity index is 1.50. The SMILES string of the molecule is CC(C)Oc1cc2nc(C3CCN(CC(=O)OC(C)(C)C)CC3)cn2cc1NC(=O)c1cccc(C(F)(F)F)n1. The number of nitrogens with zero attached hydrogens (tertiary/aromatic N) is 4. The third-order valence-corrected chi connectivity index (χ3v) is 6.24. The molecule has 0 unspecified atom stereocenters. The molecular formula is C28H34F3N5O4. The largest absolute Gasteiger partial charge is 0.489 e. The number of likely N-dealkylation sites (tertiary alicyclic amines) is 1. The van der Waals surface area contributed by atoms with Crippen LogP contribution in [0, 0.1) is 0 Å². The molecule has 0 atom stereocenters. The molecule has 3 aromatic rings. The van der Waals surface area contributed by atoms with Crippen molar-refractivity contribution in [2.45, 2.75) is 71.3 Å². The molecule has 3 aromatic heterocycles. The van der Waals surface area contributed by atoms with Crippen molar-refractivity contribution >= 4 is 23.2 Å². The minimum atomic E-state index is -4.67. The number of alkyl halides is 3. The molecule has 0 radical (unpaired) electrons. The van der Waals surface area contributed by atoms with E-state index in [1.54, 1.807) is 16.7 Å². The summed E-state index contributed by atoms with van der Waals surface area (Å²) in [5.74, 6) is -0.521. The molecule has 0 saturated carbocycles. The number of imidazole rings is 1. The second kappa shape index (κ2) is 11.4. The van der Waals surface area contributed by atoms with Crippen LogP contribution in [0.5, 0.6) is 5.75 Å². The highest BCUT2D eigenvalue weighted by Gasteiger charge is 2.33. The summed E-state index contributed by atoms with van der Waals surface area (Å²) in [7, 11) is 0. The standard InChI is InChI=1S/C28H34F3N5O4/c1-17(2)39-22-13-24-33-20(18-9-11-35(12-10-18)16-25(37)40-27(3,4)5)14-36(24)15-21(22)34-26(38)19-7-6-8-23(32-19)28(29,30)31/h6-8,13-15,17-18H,9-12,16H2,1-5H3,(H,34,38). The van der Waals surface area contributed by atoms with Crippen LogP contribution in [0.4, 0.5) is 18.9 Å². The van der Waals surface area contributed by atoms with E-state index in [-0.39, 0.29) is 35.9 Å². The number of halogens is 3. The second-order valence-corrected chi connectivity index (χ2v) is 11.1. The van der Waals surface area contributed by atoms with Crippen LogP contribution in [0.3, 0.4) is 0 Å². The Kier molecular flexibility index (Phi) is 8.38. The maximum absolute atomic E-state index is 13.1. The summed E-state index contributed by atoms with van der Waals surface area (Å²) < 4.78 is 52.3. The number of anilines is 1. The molecule has 1 N–H and O–H groups in total. The van der Waals surface area contributed by atoms with Gasteiger partial charge < -0.3 is 19.2 Å². The lowest BCUT2D eigenvalue weighted by Gasteiger charge is -2.31. The molecule has 4 rings (SSSR count). The van der Waals surface area contributed by atoms with Crippen molar-refractivity contribution < 1.29 is 32.2 Å². The Hall–Kier alpha value is -3.67. The van der Waals surface area contributed by atoms with Gasteiger partial charge in [0, 0.05) is 24.4 Å². The molecule has 1 fully saturated rings. The Bertz CT molecular complexity index is 1370. The average molecular weight is 562 g/mol. The Morgan fingerprint density at radius 2 is 1.80 bits per heavy atom. The summed E-state index contributed by atoms with van der Waals surface area (Å²) >= 11 is 0. The van der Waals surface area contributed by atoms with Gasteiger partial charge in [-0.25, -0.2) is 9.97 Å². The smallest absolute Gasteiger partial charge is 0.433 e. The summed E-state index contributed by atoms with van der Waals surface area (Å²) in [5.41, 5.74) is -0.277. The van der Waals surface area contributed by atoms with E-state index in [9.17, 15) is 22.8 Å². The molecule has 1 aliphatic heterocycles. The molecule has 1 saturated heterocycles. The van der Waals surface area contributed by atoms with Gasteiger partial charge in [0.15, 0.2) is 0 Å². The van der Waals surface area contributed by atoms with E-state index in [0.29, 0.717) is 11.4 Å².